The lowest BCUT2D eigenvalue weighted by molar-refractivity contribution is 0.293. The third kappa shape index (κ3) is 3.64. The first kappa shape index (κ1) is 11.5. The Morgan fingerprint density at radius 2 is 2.07 bits per heavy atom. The molecular formula is C10H12BrNOS. The van der Waals surface area contributed by atoms with E-state index in [0.717, 1.165) is 10.2 Å². The van der Waals surface area contributed by atoms with Crippen LogP contribution in [0.2, 0.25) is 0 Å². The molecule has 0 aromatic heterocycles. The van der Waals surface area contributed by atoms with Gasteiger partial charge in [0.05, 0.1) is 11.6 Å². The average molecular weight is 274 g/mol. The van der Waals surface area contributed by atoms with Crippen LogP contribution in [0.4, 0.5) is 0 Å². The molecule has 0 heterocycles. The zero-order valence-electron chi connectivity index (χ0n) is 7.87. The first-order chi connectivity index (χ1) is 6.59. The van der Waals surface area contributed by atoms with E-state index in [4.69, 9.17) is 22.7 Å². The van der Waals surface area contributed by atoms with Crippen LogP contribution in [0.3, 0.4) is 0 Å². The van der Waals surface area contributed by atoms with Crippen molar-refractivity contribution in [2.24, 2.45) is 11.7 Å². The van der Waals surface area contributed by atoms with Crippen LogP contribution in [0, 0.1) is 5.92 Å². The van der Waals surface area contributed by atoms with E-state index in [2.05, 4.69) is 15.9 Å². The third-order valence-electron chi connectivity index (χ3n) is 1.80. The highest BCUT2D eigenvalue weighted by atomic mass is 79.9. The van der Waals surface area contributed by atoms with E-state index in [1.165, 1.54) is 0 Å². The first-order valence-electron chi connectivity index (χ1n) is 4.27. The van der Waals surface area contributed by atoms with E-state index in [0.29, 0.717) is 11.6 Å². The van der Waals surface area contributed by atoms with Crippen molar-refractivity contribution in [3.05, 3.63) is 28.7 Å². The van der Waals surface area contributed by atoms with Crippen molar-refractivity contribution in [3.8, 4) is 5.75 Å². The summed E-state index contributed by atoms with van der Waals surface area (Å²) < 4.78 is 6.53. The second-order valence-electron chi connectivity index (χ2n) is 3.07. The predicted molar refractivity (Wildman–Crippen MR) is 65.6 cm³/mol. The lowest BCUT2D eigenvalue weighted by Gasteiger charge is -2.11. The Labute approximate surface area is 97.6 Å². The number of rotatable bonds is 4. The molecule has 14 heavy (non-hydrogen) atoms. The van der Waals surface area contributed by atoms with Crippen LogP contribution in [0.1, 0.15) is 6.92 Å². The van der Waals surface area contributed by atoms with Crippen LogP contribution in [0.25, 0.3) is 0 Å². The van der Waals surface area contributed by atoms with Crippen LogP contribution < -0.4 is 10.5 Å². The maximum absolute atomic E-state index is 5.50. The van der Waals surface area contributed by atoms with Crippen LogP contribution in [-0.4, -0.2) is 11.6 Å². The predicted octanol–water partition coefficient (Wildman–Crippen LogP) is 2.75. The van der Waals surface area contributed by atoms with Crippen molar-refractivity contribution in [1.82, 2.24) is 0 Å². The largest absolute Gasteiger partial charge is 0.493 e. The van der Waals surface area contributed by atoms with Gasteiger partial charge in [-0.25, -0.2) is 0 Å². The van der Waals surface area contributed by atoms with Crippen molar-refractivity contribution < 1.29 is 4.74 Å². The normalized spacial score (nSPS) is 12.1. The fourth-order valence-electron chi connectivity index (χ4n) is 0.834. The van der Waals surface area contributed by atoms with Gasteiger partial charge in [0.1, 0.15) is 5.75 Å². The molecule has 2 N–H and O–H groups in total. The summed E-state index contributed by atoms with van der Waals surface area (Å²) in [7, 11) is 0. The molecule has 0 aliphatic heterocycles. The molecule has 0 aliphatic rings. The van der Waals surface area contributed by atoms with E-state index < -0.39 is 0 Å². The van der Waals surface area contributed by atoms with Gasteiger partial charge >= 0.3 is 0 Å². The summed E-state index contributed by atoms with van der Waals surface area (Å²) >= 11 is 8.20. The van der Waals surface area contributed by atoms with Crippen LogP contribution in [0.15, 0.2) is 28.7 Å². The van der Waals surface area contributed by atoms with Gasteiger partial charge in [0.25, 0.3) is 0 Å². The third-order valence-corrected chi connectivity index (χ3v) is 2.73. The first-order valence-corrected chi connectivity index (χ1v) is 5.47. The molecule has 2 nitrogen and oxygen atoms in total. The summed E-state index contributed by atoms with van der Waals surface area (Å²) in [5, 5.41) is 0. The second-order valence-corrected chi connectivity index (χ2v) is 4.46. The molecule has 0 fully saturated rings. The molecular weight excluding hydrogens is 262 g/mol. The minimum absolute atomic E-state index is 0.105. The lowest BCUT2D eigenvalue weighted by Crippen LogP contribution is -2.23. The zero-order chi connectivity index (χ0) is 10.6. The van der Waals surface area contributed by atoms with Crippen LogP contribution in [-0.2, 0) is 0 Å². The van der Waals surface area contributed by atoms with E-state index >= 15 is 0 Å². The Morgan fingerprint density at radius 3 is 2.57 bits per heavy atom. The minimum Gasteiger partial charge on any atom is -0.493 e. The Bertz CT molecular complexity index is 312. The van der Waals surface area contributed by atoms with Gasteiger partial charge in [0, 0.05) is 10.4 Å². The van der Waals surface area contributed by atoms with E-state index in [1.54, 1.807) is 0 Å². The molecule has 1 rings (SSSR count). The Hall–Kier alpha value is -0.610. The molecule has 76 valence electrons. The number of thiocarbonyl (C=S) groups is 1. The standard InChI is InChI=1S/C10H12BrNOS/c1-7(10(12)14)6-13-9-4-2-8(11)3-5-9/h2-5,7H,6H2,1H3,(H2,12,14). The molecule has 4 heteroatoms. The zero-order valence-corrected chi connectivity index (χ0v) is 10.3. The number of hydrogen-bond acceptors (Lipinski definition) is 2. The summed E-state index contributed by atoms with van der Waals surface area (Å²) in [6, 6.07) is 7.66. The summed E-state index contributed by atoms with van der Waals surface area (Å²) in [5.74, 6) is 0.935. The Morgan fingerprint density at radius 1 is 1.50 bits per heavy atom. The number of nitrogens with two attached hydrogens (primary N) is 1. The van der Waals surface area contributed by atoms with Crippen LogP contribution >= 0.6 is 28.1 Å². The highest BCUT2D eigenvalue weighted by Gasteiger charge is 2.05. The fourth-order valence-corrected chi connectivity index (χ4v) is 1.17. The minimum atomic E-state index is 0.105. The van der Waals surface area contributed by atoms with Gasteiger partial charge in [-0.3, -0.25) is 0 Å². The summed E-state index contributed by atoms with van der Waals surface area (Å²) in [6.07, 6.45) is 0. The van der Waals surface area contributed by atoms with Gasteiger partial charge in [-0.15, -0.1) is 0 Å². The van der Waals surface area contributed by atoms with E-state index in [-0.39, 0.29) is 5.92 Å². The van der Waals surface area contributed by atoms with Crippen molar-refractivity contribution >= 4 is 33.1 Å². The molecule has 1 aromatic rings. The van der Waals surface area contributed by atoms with Gasteiger partial charge < -0.3 is 10.5 Å². The van der Waals surface area contributed by atoms with Crippen molar-refractivity contribution in [1.29, 1.82) is 0 Å². The number of benzene rings is 1. The number of hydrogen-bond donors (Lipinski definition) is 1. The van der Waals surface area contributed by atoms with Crippen LogP contribution in [0.5, 0.6) is 5.75 Å². The molecule has 0 aliphatic carbocycles. The molecule has 1 atom stereocenters. The number of ether oxygens (including phenoxy) is 1. The topological polar surface area (TPSA) is 35.2 Å². The van der Waals surface area contributed by atoms with Crippen molar-refractivity contribution in [3.63, 3.8) is 0 Å². The molecule has 0 saturated carbocycles. The molecule has 0 radical (unpaired) electrons. The monoisotopic (exact) mass is 273 g/mol. The van der Waals surface area contributed by atoms with E-state index in [9.17, 15) is 0 Å². The maximum atomic E-state index is 5.50. The van der Waals surface area contributed by atoms with Gasteiger partial charge in [0.2, 0.25) is 0 Å². The smallest absolute Gasteiger partial charge is 0.119 e. The van der Waals surface area contributed by atoms with Crippen molar-refractivity contribution in [2.45, 2.75) is 6.92 Å². The molecule has 0 saturated heterocycles. The molecule has 0 amide bonds. The second kappa shape index (κ2) is 5.32. The van der Waals surface area contributed by atoms with Crippen molar-refractivity contribution in [2.75, 3.05) is 6.61 Å². The van der Waals surface area contributed by atoms with Gasteiger partial charge in [-0.05, 0) is 24.3 Å². The fraction of sp³-hybridized carbons (Fsp3) is 0.300. The van der Waals surface area contributed by atoms with Gasteiger partial charge in [-0.2, -0.15) is 0 Å². The van der Waals surface area contributed by atoms with Gasteiger partial charge in [-0.1, -0.05) is 35.1 Å². The summed E-state index contributed by atoms with van der Waals surface area (Å²) in [4.78, 5) is 0.488. The maximum Gasteiger partial charge on any atom is 0.119 e. The Balaban J connectivity index is 2.46. The highest BCUT2D eigenvalue weighted by Crippen LogP contribution is 2.16. The summed E-state index contributed by atoms with van der Waals surface area (Å²) in [5.41, 5.74) is 5.47. The average Bonchev–Trinajstić information content (AvgIpc) is 2.16. The van der Waals surface area contributed by atoms with E-state index in [1.807, 2.05) is 31.2 Å². The SMILES string of the molecule is CC(COc1ccc(Br)cc1)C(N)=S. The molecule has 0 spiro atoms. The number of halogens is 1. The van der Waals surface area contributed by atoms with Gasteiger partial charge in [0.15, 0.2) is 0 Å². The summed E-state index contributed by atoms with van der Waals surface area (Å²) in [6.45, 7) is 2.47. The lowest BCUT2D eigenvalue weighted by atomic mass is 10.2. The Kier molecular flexibility index (Phi) is 4.35. The molecule has 1 aromatic carbocycles. The quantitative estimate of drug-likeness (QED) is 0.857. The molecule has 0 bridgehead atoms. The molecule has 1 unspecified atom stereocenters. The highest BCUT2D eigenvalue weighted by molar-refractivity contribution is 9.10.